The fraction of sp³-hybridized carbons (Fsp3) is 0.250. The Morgan fingerprint density at radius 3 is 2.76 bits per heavy atom. The molecule has 0 amide bonds. The molecule has 0 spiro atoms. The van der Waals surface area contributed by atoms with Crippen LogP contribution in [0.1, 0.15) is 18.4 Å². The van der Waals surface area contributed by atoms with Crippen molar-refractivity contribution in [3.63, 3.8) is 0 Å². The average Bonchev–Trinajstić information content (AvgIpc) is 2.59. The largest absolute Gasteiger partial charge is 0.489 e. The molecule has 1 heterocycles. The molecule has 1 fully saturated rings. The van der Waals surface area contributed by atoms with E-state index in [4.69, 9.17) is 16.3 Å². The fourth-order valence-electron chi connectivity index (χ4n) is 3.14. The van der Waals surface area contributed by atoms with Crippen LogP contribution in [0.25, 0.3) is 10.8 Å². The van der Waals surface area contributed by atoms with Gasteiger partial charge >= 0.3 is 0 Å². The number of H-pyrrole nitrogens is 1. The minimum Gasteiger partial charge on any atom is -0.489 e. The zero-order chi connectivity index (χ0) is 17.2. The Kier molecular flexibility index (Phi) is 4.47. The van der Waals surface area contributed by atoms with E-state index in [2.05, 4.69) is 34.6 Å². The van der Waals surface area contributed by atoms with Crippen LogP contribution in [0.4, 0.5) is 0 Å². The van der Waals surface area contributed by atoms with Gasteiger partial charge in [0, 0.05) is 24.2 Å². The molecule has 1 aliphatic rings. The van der Waals surface area contributed by atoms with Crippen LogP contribution >= 0.6 is 11.6 Å². The van der Waals surface area contributed by atoms with Gasteiger partial charge in [0.25, 0.3) is 5.56 Å². The predicted molar refractivity (Wildman–Crippen MR) is 100 cm³/mol. The summed E-state index contributed by atoms with van der Waals surface area (Å²) in [4.78, 5) is 14.5. The van der Waals surface area contributed by atoms with Crippen LogP contribution < -0.4 is 15.6 Å². The second kappa shape index (κ2) is 6.90. The van der Waals surface area contributed by atoms with Crippen molar-refractivity contribution in [1.29, 1.82) is 0 Å². The first-order valence-electron chi connectivity index (χ1n) is 8.44. The molecule has 1 saturated carbocycles. The first kappa shape index (κ1) is 16.2. The molecular weight excluding hydrogens is 336 g/mol. The van der Waals surface area contributed by atoms with Crippen molar-refractivity contribution in [3.8, 4) is 5.75 Å². The predicted octanol–water partition coefficient (Wildman–Crippen LogP) is 3.88. The van der Waals surface area contributed by atoms with Crippen molar-refractivity contribution in [2.75, 3.05) is 0 Å². The first-order chi connectivity index (χ1) is 12.2. The molecule has 1 aromatic heterocycles. The fourth-order valence-corrected chi connectivity index (χ4v) is 3.35. The maximum absolute atomic E-state index is 11.8. The molecule has 0 bridgehead atoms. The summed E-state index contributed by atoms with van der Waals surface area (Å²) < 4.78 is 6.03. The molecule has 0 saturated heterocycles. The normalized spacial score (nSPS) is 19.6. The highest BCUT2D eigenvalue weighted by molar-refractivity contribution is 6.32. The first-order valence-corrected chi connectivity index (χ1v) is 8.82. The third-order valence-corrected chi connectivity index (χ3v) is 4.95. The van der Waals surface area contributed by atoms with Crippen molar-refractivity contribution >= 4 is 22.4 Å². The number of aromatic amines is 1. The second-order valence-corrected chi connectivity index (χ2v) is 6.86. The number of fused-ring (bicyclic) bond motifs is 1. The van der Waals surface area contributed by atoms with E-state index in [1.807, 2.05) is 18.2 Å². The van der Waals surface area contributed by atoms with Gasteiger partial charge in [0.15, 0.2) is 0 Å². The van der Waals surface area contributed by atoms with Crippen LogP contribution in [0.15, 0.2) is 59.5 Å². The Balaban J connectivity index is 1.36. The number of hydrogen-bond acceptors (Lipinski definition) is 3. The van der Waals surface area contributed by atoms with E-state index in [0.29, 0.717) is 22.2 Å². The van der Waals surface area contributed by atoms with Gasteiger partial charge in [-0.15, -0.1) is 0 Å². The van der Waals surface area contributed by atoms with Crippen molar-refractivity contribution in [3.05, 3.63) is 75.7 Å². The molecule has 2 aromatic carbocycles. The molecule has 4 nitrogen and oxygen atoms in total. The van der Waals surface area contributed by atoms with E-state index in [-0.39, 0.29) is 11.7 Å². The van der Waals surface area contributed by atoms with Gasteiger partial charge in [-0.1, -0.05) is 41.9 Å². The lowest BCUT2D eigenvalue weighted by Gasteiger charge is -2.36. The van der Waals surface area contributed by atoms with E-state index >= 15 is 0 Å². The van der Waals surface area contributed by atoms with Gasteiger partial charge in [0.1, 0.15) is 11.9 Å². The topological polar surface area (TPSA) is 54.1 Å². The van der Waals surface area contributed by atoms with E-state index < -0.39 is 0 Å². The molecule has 0 atom stereocenters. The minimum atomic E-state index is -0.139. The number of rotatable bonds is 5. The van der Waals surface area contributed by atoms with Gasteiger partial charge in [-0.3, -0.25) is 4.79 Å². The van der Waals surface area contributed by atoms with E-state index in [1.54, 1.807) is 12.3 Å². The molecule has 128 valence electrons. The third kappa shape index (κ3) is 3.55. The molecular formula is C20H19ClN2O2. The van der Waals surface area contributed by atoms with Crippen molar-refractivity contribution in [1.82, 2.24) is 10.3 Å². The van der Waals surface area contributed by atoms with E-state index in [9.17, 15) is 4.79 Å². The lowest BCUT2D eigenvalue weighted by molar-refractivity contribution is 0.0845. The summed E-state index contributed by atoms with van der Waals surface area (Å²) in [6.45, 7) is 0.873. The van der Waals surface area contributed by atoms with E-state index in [1.165, 1.54) is 5.56 Å². The highest BCUT2D eigenvalue weighted by Gasteiger charge is 2.30. The van der Waals surface area contributed by atoms with Gasteiger partial charge in [-0.2, -0.15) is 0 Å². The maximum atomic E-state index is 11.8. The number of aromatic nitrogens is 1. The molecule has 0 unspecified atom stereocenters. The summed E-state index contributed by atoms with van der Waals surface area (Å²) in [7, 11) is 0. The second-order valence-electron chi connectivity index (χ2n) is 6.45. The lowest BCUT2D eigenvalue weighted by Crippen LogP contribution is -2.46. The SMILES string of the molecule is O=c1[nH]ccc2cc(OC3CC(NCc4ccccc4)C3)c(Cl)cc12. The summed E-state index contributed by atoms with van der Waals surface area (Å²) in [5.41, 5.74) is 1.15. The highest BCUT2D eigenvalue weighted by atomic mass is 35.5. The molecule has 5 heteroatoms. The van der Waals surface area contributed by atoms with Crippen LogP contribution in [-0.2, 0) is 6.54 Å². The third-order valence-electron chi connectivity index (χ3n) is 4.65. The molecule has 3 aromatic rings. The minimum absolute atomic E-state index is 0.139. The zero-order valence-corrected chi connectivity index (χ0v) is 14.4. The molecule has 4 rings (SSSR count). The number of ether oxygens (including phenoxy) is 1. The van der Waals surface area contributed by atoms with Crippen LogP contribution in [0.3, 0.4) is 0 Å². The number of pyridine rings is 1. The van der Waals surface area contributed by atoms with Gasteiger partial charge < -0.3 is 15.0 Å². The summed E-state index contributed by atoms with van der Waals surface area (Å²) in [5, 5.41) is 5.44. The quantitative estimate of drug-likeness (QED) is 0.731. The Bertz CT molecular complexity index is 933. The lowest BCUT2D eigenvalue weighted by atomic mass is 9.89. The summed E-state index contributed by atoms with van der Waals surface area (Å²) >= 11 is 6.28. The monoisotopic (exact) mass is 354 g/mol. The zero-order valence-electron chi connectivity index (χ0n) is 13.7. The molecule has 25 heavy (non-hydrogen) atoms. The van der Waals surface area contributed by atoms with Crippen molar-refractivity contribution < 1.29 is 4.74 Å². The number of nitrogens with one attached hydrogen (secondary N) is 2. The van der Waals surface area contributed by atoms with Gasteiger partial charge in [0.2, 0.25) is 0 Å². The summed E-state index contributed by atoms with van der Waals surface area (Å²) in [6, 6.07) is 16.2. The summed E-state index contributed by atoms with van der Waals surface area (Å²) in [5.74, 6) is 0.645. The number of benzene rings is 2. The Labute approximate surface area is 150 Å². The van der Waals surface area contributed by atoms with Crippen LogP contribution in [-0.4, -0.2) is 17.1 Å². The van der Waals surface area contributed by atoms with Crippen LogP contribution in [0, 0.1) is 0 Å². The molecule has 0 radical (unpaired) electrons. The van der Waals surface area contributed by atoms with Crippen LogP contribution in [0.2, 0.25) is 5.02 Å². The van der Waals surface area contributed by atoms with Crippen molar-refractivity contribution in [2.45, 2.75) is 31.5 Å². The summed E-state index contributed by atoms with van der Waals surface area (Å²) in [6.07, 6.45) is 3.70. The average molecular weight is 355 g/mol. The van der Waals surface area contributed by atoms with Gasteiger partial charge in [-0.05, 0) is 42.0 Å². The molecule has 1 aliphatic carbocycles. The van der Waals surface area contributed by atoms with E-state index in [0.717, 1.165) is 24.8 Å². The van der Waals surface area contributed by atoms with Crippen LogP contribution in [0.5, 0.6) is 5.75 Å². The van der Waals surface area contributed by atoms with Crippen molar-refractivity contribution in [2.24, 2.45) is 0 Å². The molecule has 0 aliphatic heterocycles. The molecule has 2 N–H and O–H groups in total. The van der Waals surface area contributed by atoms with Gasteiger partial charge in [0.05, 0.1) is 5.02 Å². The Hall–Kier alpha value is -2.30. The number of hydrogen-bond donors (Lipinski definition) is 2. The van der Waals surface area contributed by atoms with Gasteiger partial charge in [-0.25, -0.2) is 0 Å². The Morgan fingerprint density at radius 2 is 1.96 bits per heavy atom. The highest BCUT2D eigenvalue weighted by Crippen LogP contribution is 2.33. The maximum Gasteiger partial charge on any atom is 0.255 e. The number of halogens is 1. The smallest absolute Gasteiger partial charge is 0.255 e. The Morgan fingerprint density at radius 1 is 1.16 bits per heavy atom. The standard InChI is InChI=1S/C20H19ClN2O2/c21-18-11-17-14(6-7-22-20(17)24)8-19(18)25-16-9-15(10-16)23-12-13-4-2-1-3-5-13/h1-8,11,15-16,23H,9-10,12H2,(H,22,24).